The number of nitrogens with zero attached hydrogens (tertiary/aromatic N) is 1. The lowest BCUT2D eigenvalue weighted by Crippen LogP contribution is -2.62. The van der Waals surface area contributed by atoms with E-state index in [-0.39, 0.29) is 11.8 Å². The van der Waals surface area contributed by atoms with E-state index < -0.39 is 5.66 Å². The van der Waals surface area contributed by atoms with E-state index in [0.717, 1.165) is 31.4 Å². The summed E-state index contributed by atoms with van der Waals surface area (Å²) in [5, 5.41) is 6.61. The van der Waals surface area contributed by atoms with Crippen LogP contribution in [0.4, 0.5) is 5.69 Å². The second kappa shape index (κ2) is 7.24. The fraction of sp³-hybridized carbons (Fsp3) is 0.579. The molecule has 2 amide bonds. The molecule has 5 nitrogen and oxygen atoms in total. The molecule has 1 aromatic carbocycles. The molecule has 0 unspecified atom stereocenters. The first-order valence-electron chi connectivity index (χ1n) is 9.11. The van der Waals surface area contributed by atoms with Crippen LogP contribution in [0, 0.1) is 0 Å². The van der Waals surface area contributed by atoms with Crippen molar-refractivity contribution in [2.24, 2.45) is 0 Å². The van der Waals surface area contributed by atoms with Crippen LogP contribution in [0.3, 0.4) is 0 Å². The summed E-state index contributed by atoms with van der Waals surface area (Å²) in [6.07, 6.45) is 6.64. The highest BCUT2D eigenvalue weighted by atomic mass is 16.2. The minimum atomic E-state index is -0.412. The lowest BCUT2D eigenvalue weighted by molar-refractivity contribution is -0.132. The number of piperidine rings is 1. The molecule has 0 aliphatic carbocycles. The Morgan fingerprint density at radius 1 is 1.12 bits per heavy atom. The maximum atomic E-state index is 12.3. The number of benzene rings is 1. The van der Waals surface area contributed by atoms with Crippen LogP contribution >= 0.6 is 0 Å². The number of likely N-dealkylation sites (tertiary alicyclic amines) is 1. The van der Waals surface area contributed by atoms with Crippen LogP contribution in [0.25, 0.3) is 0 Å². The average Bonchev–Trinajstić information content (AvgIpc) is 2.59. The summed E-state index contributed by atoms with van der Waals surface area (Å²) < 4.78 is 0. The van der Waals surface area contributed by atoms with Gasteiger partial charge in [0.15, 0.2) is 0 Å². The summed E-state index contributed by atoms with van der Waals surface area (Å²) >= 11 is 0. The second-order valence-corrected chi connectivity index (χ2v) is 6.90. The first-order chi connectivity index (χ1) is 11.6. The molecular weight excluding hydrogens is 302 g/mol. The minimum Gasteiger partial charge on any atom is -0.362 e. The van der Waals surface area contributed by atoms with E-state index in [2.05, 4.69) is 17.6 Å². The number of nitrogens with one attached hydrogen (secondary N) is 2. The van der Waals surface area contributed by atoms with Gasteiger partial charge in [-0.25, -0.2) is 0 Å². The SMILES string of the molecule is CCCCCCC(=O)N1CCC2(CC1)NC(=O)c1ccccc1N2. The lowest BCUT2D eigenvalue weighted by Gasteiger charge is -2.45. The monoisotopic (exact) mass is 329 g/mol. The van der Waals surface area contributed by atoms with E-state index in [1.165, 1.54) is 12.8 Å². The Kier molecular flexibility index (Phi) is 5.07. The molecule has 0 radical (unpaired) electrons. The van der Waals surface area contributed by atoms with Crippen molar-refractivity contribution in [2.45, 2.75) is 57.5 Å². The average molecular weight is 329 g/mol. The van der Waals surface area contributed by atoms with Crippen LogP contribution in [0.1, 0.15) is 62.2 Å². The Hall–Kier alpha value is -2.04. The molecule has 0 aromatic heterocycles. The molecular formula is C19H27N3O2. The normalized spacial score (nSPS) is 18.7. The van der Waals surface area contributed by atoms with Crippen LogP contribution in [-0.4, -0.2) is 35.5 Å². The molecule has 3 rings (SSSR count). The van der Waals surface area contributed by atoms with Crippen LogP contribution in [0.5, 0.6) is 0 Å². The maximum absolute atomic E-state index is 12.3. The molecule has 5 heteroatoms. The summed E-state index contributed by atoms with van der Waals surface area (Å²) in [5.41, 5.74) is 1.17. The van der Waals surface area contributed by atoms with Gasteiger partial charge in [0.2, 0.25) is 5.91 Å². The zero-order valence-corrected chi connectivity index (χ0v) is 14.4. The van der Waals surface area contributed by atoms with Crippen LogP contribution in [0.15, 0.2) is 24.3 Å². The lowest BCUT2D eigenvalue weighted by atomic mass is 9.92. The zero-order chi connectivity index (χ0) is 17.0. The topological polar surface area (TPSA) is 61.4 Å². The highest BCUT2D eigenvalue weighted by Crippen LogP contribution is 2.31. The molecule has 1 saturated heterocycles. The van der Waals surface area contributed by atoms with Crippen molar-refractivity contribution in [1.82, 2.24) is 10.2 Å². The molecule has 0 saturated carbocycles. The van der Waals surface area contributed by atoms with Gasteiger partial charge in [-0.15, -0.1) is 0 Å². The molecule has 2 N–H and O–H groups in total. The molecule has 2 heterocycles. The molecule has 0 bridgehead atoms. The highest BCUT2D eigenvalue weighted by molar-refractivity contribution is 6.02. The van der Waals surface area contributed by atoms with Crippen LogP contribution in [-0.2, 0) is 4.79 Å². The summed E-state index contributed by atoms with van der Waals surface area (Å²) in [5.74, 6) is 0.229. The van der Waals surface area contributed by atoms with Gasteiger partial charge in [0.05, 0.1) is 5.56 Å². The largest absolute Gasteiger partial charge is 0.362 e. The Balaban J connectivity index is 1.55. The first-order valence-corrected chi connectivity index (χ1v) is 9.11. The Morgan fingerprint density at radius 3 is 2.62 bits per heavy atom. The van der Waals surface area contributed by atoms with Gasteiger partial charge in [0.25, 0.3) is 5.91 Å². The van der Waals surface area contributed by atoms with Gasteiger partial charge in [0.1, 0.15) is 5.66 Å². The number of unbranched alkanes of at least 4 members (excludes halogenated alkanes) is 3. The third-order valence-electron chi connectivity index (χ3n) is 5.11. The standard InChI is InChI=1S/C19H27N3O2/c1-2-3-4-5-10-17(23)22-13-11-19(12-14-22)20-16-9-7-6-8-15(16)18(24)21-19/h6-9,20H,2-5,10-14H2,1H3,(H,21,24). The summed E-state index contributed by atoms with van der Waals surface area (Å²) in [4.78, 5) is 26.6. The minimum absolute atomic E-state index is 0.0244. The number of hydrogen-bond acceptors (Lipinski definition) is 3. The predicted octanol–water partition coefficient (Wildman–Crippen LogP) is 3.13. The van der Waals surface area contributed by atoms with Crippen molar-refractivity contribution in [1.29, 1.82) is 0 Å². The highest BCUT2D eigenvalue weighted by Gasteiger charge is 2.40. The van der Waals surface area contributed by atoms with Gasteiger partial charge in [-0.1, -0.05) is 38.3 Å². The van der Waals surface area contributed by atoms with Crippen molar-refractivity contribution in [3.63, 3.8) is 0 Å². The van der Waals surface area contributed by atoms with E-state index >= 15 is 0 Å². The fourth-order valence-corrected chi connectivity index (χ4v) is 3.61. The summed E-state index contributed by atoms with van der Waals surface area (Å²) in [7, 11) is 0. The van der Waals surface area contributed by atoms with E-state index in [4.69, 9.17) is 0 Å². The van der Waals surface area contributed by atoms with Crippen LogP contribution < -0.4 is 10.6 Å². The van der Waals surface area contributed by atoms with Crippen molar-refractivity contribution in [3.05, 3.63) is 29.8 Å². The number of anilines is 1. The van der Waals surface area contributed by atoms with Crippen molar-refractivity contribution in [2.75, 3.05) is 18.4 Å². The quantitative estimate of drug-likeness (QED) is 0.816. The third-order valence-corrected chi connectivity index (χ3v) is 5.11. The van der Waals surface area contributed by atoms with E-state index in [1.807, 2.05) is 29.2 Å². The third kappa shape index (κ3) is 3.55. The summed E-state index contributed by atoms with van der Waals surface area (Å²) in [6.45, 7) is 3.57. The molecule has 24 heavy (non-hydrogen) atoms. The zero-order valence-electron chi connectivity index (χ0n) is 14.4. The molecule has 0 atom stereocenters. The Labute approximate surface area is 143 Å². The number of amides is 2. The number of carbonyl (C=O) groups excluding carboxylic acids is 2. The van der Waals surface area contributed by atoms with E-state index in [1.54, 1.807) is 0 Å². The maximum Gasteiger partial charge on any atom is 0.255 e. The second-order valence-electron chi connectivity index (χ2n) is 6.90. The van der Waals surface area contributed by atoms with Crippen molar-refractivity contribution in [3.8, 4) is 0 Å². The van der Waals surface area contributed by atoms with Gasteiger partial charge in [-0.3, -0.25) is 9.59 Å². The van der Waals surface area contributed by atoms with Crippen LogP contribution in [0.2, 0.25) is 0 Å². The molecule has 1 fully saturated rings. The van der Waals surface area contributed by atoms with Gasteiger partial charge in [0, 0.05) is 38.0 Å². The first kappa shape index (κ1) is 16.8. The number of hydrogen-bond donors (Lipinski definition) is 2. The number of fused-ring (bicyclic) bond motifs is 1. The van der Waals surface area contributed by atoms with Gasteiger partial charge >= 0.3 is 0 Å². The van der Waals surface area contributed by atoms with Crippen molar-refractivity contribution < 1.29 is 9.59 Å². The van der Waals surface area contributed by atoms with Gasteiger partial charge in [-0.2, -0.15) is 0 Å². The van der Waals surface area contributed by atoms with E-state index in [9.17, 15) is 9.59 Å². The Morgan fingerprint density at radius 2 is 1.88 bits per heavy atom. The number of para-hydroxylation sites is 1. The Bertz CT molecular complexity index is 606. The molecule has 2 aliphatic heterocycles. The number of rotatable bonds is 5. The predicted molar refractivity (Wildman–Crippen MR) is 94.8 cm³/mol. The number of carbonyl (C=O) groups is 2. The molecule has 1 spiro atoms. The fourth-order valence-electron chi connectivity index (χ4n) is 3.61. The smallest absolute Gasteiger partial charge is 0.255 e. The van der Waals surface area contributed by atoms with E-state index in [0.29, 0.717) is 25.1 Å². The molecule has 130 valence electrons. The molecule has 1 aromatic rings. The van der Waals surface area contributed by atoms with Crippen molar-refractivity contribution >= 4 is 17.5 Å². The van der Waals surface area contributed by atoms with Gasteiger partial charge < -0.3 is 15.5 Å². The molecule has 2 aliphatic rings. The summed E-state index contributed by atoms with van der Waals surface area (Å²) in [6, 6.07) is 7.59. The van der Waals surface area contributed by atoms with Gasteiger partial charge in [-0.05, 0) is 18.6 Å².